The van der Waals surface area contributed by atoms with Gasteiger partial charge in [-0.3, -0.25) is 10.1 Å². The lowest BCUT2D eigenvalue weighted by Crippen LogP contribution is -2.30. The van der Waals surface area contributed by atoms with E-state index in [-0.39, 0.29) is 28.0 Å². The molecule has 1 saturated carbocycles. The van der Waals surface area contributed by atoms with E-state index in [1.165, 1.54) is 24.4 Å². The molecule has 2 heterocycles. The summed E-state index contributed by atoms with van der Waals surface area (Å²) in [5.74, 6) is 0. The number of benzene rings is 1. The Balaban J connectivity index is 1.82. The molecular formula is C19H20N4O5S. The SMILES string of the molecule is O=[N+]([O-])c1cnc2c(ccn2S(=O)(=O)c2ccccc2)c1N[C@@H]1CCC[C@H](O)C1. The van der Waals surface area contributed by atoms with Crippen LogP contribution in [0.4, 0.5) is 11.4 Å². The van der Waals surface area contributed by atoms with Gasteiger partial charge in [0.05, 0.1) is 21.3 Å². The van der Waals surface area contributed by atoms with Crippen LogP contribution in [-0.4, -0.2) is 39.5 Å². The molecule has 2 atom stereocenters. The van der Waals surface area contributed by atoms with E-state index in [9.17, 15) is 23.6 Å². The fraction of sp³-hybridized carbons (Fsp3) is 0.316. The minimum absolute atomic E-state index is 0.0996. The zero-order chi connectivity index (χ0) is 20.6. The maximum Gasteiger partial charge on any atom is 0.311 e. The van der Waals surface area contributed by atoms with E-state index in [1.807, 2.05) is 0 Å². The van der Waals surface area contributed by atoms with Crippen LogP contribution in [-0.2, 0) is 10.0 Å². The molecule has 0 aliphatic heterocycles. The van der Waals surface area contributed by atoms with Gasteiger partial charge in [-0.05, 0) is 43.9 Å². The van der Waals surface area contributed by atoms with Gasteiger partial charge in [0.25, 0.3) is 10.0 Å². The van der Waals surface area contributed by atoms with Gasteiger partial charge in [-0.25, -0.2) is 17.4 Å². The third-order valence-electron chi connectivity index (χ3n) is 5.15. The quantitative estimate of drug-likeness (QED) is 0.483. The summed E-state index contributed by atoms with van der Waals surface area (Å²) in [7, 11) is -3.90. The third-order valence-corrected chi connectivity index (χ3v) is 6.83. The number of hydrogen-bond donors (Lipinski definition) is 2. The highest BCUT2D eigenvalue weighted by Crippen LogP contribution is 2.35. The predicted octanol–water partition coefficient (Wildman–Crippen LogP) is 2.90. The highest BCUT2D eigenvalue weighted by molar-refractivity contribution is 7.90. The molecule has 1 aliphatic rings. The second-order valence-corrected chi connectivity index (χ2v) is 8.92. The van der Waals surface area contributed by atoms with Crippen molar-refractivity contribution in [2.45, 2.75) is 42.7 Å². The Kier molecular flexibility index (Phi) is 4.97. The lowest BCUT2D eigenvalue weighted by molar-refractivity contribution is -0.384. The van der Waals surface area contributed by atoms with E-state index in [0.29, 0.717) is 18.2 Å². The third kappa shape index (κ3) is 3.56. The Bertz CT molecular complexity index is 1160. The van der Waals surface area contributed by atoms with Gasteiger partial charge in [-0.15, -0.1) is 0 Å². The Hall–Kier alpha value is -2.98. The molecule has 10 heteroatoms. The normalized spacial score (nSPS) is 19.9. The highest BCUT2D eigenvalue weighted by Gasteiger charge is 2.28. The molecule has 0 bridgehead atoms. The molecule has 152 valence electrons. The van der Waals surface area contributed by atoms with Crippen molar-refractivity contribution in [3.63, 3.8) is 0 Å². The van der Waals surface area contributed by atoms with Gasteiger partial charge in [-0.2, -0.15) is 0 Å². The van der Waals surface area contributed by atoms with Crippen LogP contribution in [0.3, 0.4) is 0 Å². The van der Waals surface area contributed by atoms with Gasteiger partial charge < -0.3 is 10.4 Å². The van der Waals surface area contributed by atoms with Gasteiger partial charge in [0.2, 0.25) is 0 Å². The van der Waals surface area contributed by atoms with Crippen molar-refractivity contribution in [3.8, 4) is 0 Å². The van der Waals surface area contributed by atoms with E-state index >= 15 is 0 Å². The summed E-state index contributed by atoms with van der Waals surface area (Å²) < 4.78 is 27.0. The van der Waals surface area contributed by atoms with Gasteiger partial charge in [0.15, 0.2) is 5.65 Å². The molecule has 2 aromatic heterocycles. The van der Waals surface area contributed by atoms with Crippen LogP contribution in [0.25, 0.3) is 11.0 Å². The first-order valence-electron chi connectivity index (χ1n) is 9.27. The van der Waals surface area contributed by atoms with Crippen LogP contribution in [0.1, 0.15) is 25.7 Å². The van der Waals surface area contributed by atoms with Crippen LogP contribution in [0, 0.1) is 10.1 Å². The van der Waals surface area contributed by atoms with Crippen LogP contribution in [0.15, 0.2) is 53.7 Å². The molecule has 3 aromatic rings. The lowest BCUT2D eigenvalue weighted by atomic mass is 9.93. The molecule has 4 rings (SSSR count). The van der Waals surface area contributed by atoms with Crippen molar-refractivity contribution < 1.29 is 18.4 Å². The first-order valence-corrected chi connectivity index (χ1v) is 10.7. The molecule has 1 aliphatic carbocycles. The Morgan fingerprint density at radius 1 is 1.21 bits per heavy atom. The number of anilines is 1. The fourth-order valence-electron chi connectivity index (χ4n) is 3.74. The molecule has 0 spiro atoms. The summed E-state index contributed by atoms with van der Waals surface area (Å²) in [6.07, 6.45) is 4.72. The Labute approximate surface area is 167 Å². The van der Waals surface area contributed by atoms with Crippen molar-refractivity contribution in [1.82, 2.24) is 8.96 Å². The zero-order valence-electron chi connectivity index (χ0n) is 15.4. The van der Waals surface area contributed by atoms with E-state index in [4.69, 9.17) is 0 Å². The molecule has 9 nitrogen and oxygen atoms in total. The van der Waals surface area contributed by atoms with E-state index < -0.39 is 21.1 Å². The standard InChI is InChI=1S/C19H20N4O5S/c24-14-6-4-5-13(11-14)21-18-16-9-10-22(19(16)20-12-17(18)23(25)26)29(27,28)15-7-2-1-3-8-15/h1-3,7-10,12-14,24H,4-6,11H2,(H,20,21)/t13-,14+/m1/s1. The summed E-state index contributed by atoms with van der Waals surface area (Å²) in [6.45, 7) is 0. The number of rotatable bonds is 5. The van der Waals surface area contributed by atoms with Crippen LogP contribution >= 0.6 is 0 Å². The number of nitrogens with one attached hydrogen (secondary N) is 1. The van der Waals surface area contributed by atoms with Gasteiger partial charge in [0, 0.05) is 12.2 Å². The lowest BCUT2D eigenvalue weighted by Gasteiger charge is -2.27. The molecule has 1 aromatic carbocycles. The zero-order valence-corrected chi connectivity index (χ0v) is 16.2. The summed E-state index contributed by atoms with van der Waals surface area (Å²) in [5.41, 5.74) is 0.104. The summed E-state index contributed by atoms with van der Waals surface area (Å²) in [5, 5.41) is 25.0. The van der Waals surface area contributed by atoms with Crippen molar-refractivity contribution in [2.75, 3.05) is 5.32 Å². The average molecular weight is 416 g/mol. The van der Waals surface area contributed by atoms with Crippen LogP contribution in [0.5, 0.6) is 0 Å². The van der Waals surface area contributed by atoms with Crippen LogP contribution < -0.4 is 5.32 Å². The summed E-state index contributed by atoms with van der Waals surface area (Å²) in [6, 6.07) is 9.30. The van der Waals surface area contributed by atoms with E-state index in [1.54, 1.807) is 18.2 Å². The molecule has 0 saturated heterocycles. The topological polar surface area (TPSA) is 127 Å². The number of nitro groups is 1. The average Bonchev–Trinajstić information content (AvgIpc) is 3.14. The van der Waals surface area contributed by atoms with Crippen molar-refractivity contribution in [2.24, 2.45) is 0 Å². The summed E-state index contributed by atoms with van der Waals surface area (Å²) in [4.78, 5) is 15.2. The van der Waals surface area contributed by atoms with Crippen molar-refractivity contribution in [3.05, 3.63) is 58.9 Å². The van der Waals surface area contributed by atoms with Gasteiger partial charge in [-0.1, -0.05) is 18.2 Å². The fourth-order valence-corrected chi connectivity index (χ4v) is 5.06. The van der Waals surface area contributed by atoms with Crippen molar-refractivity contribution >= 4 is 32.4 Å². The molecule has 1 fully saturated rings. The van der Waals surface area contributed by atoms with E-state index in [0.717, 1.165) is 23.0 Å². The number of aliphatic hydroxyl groups excluding tert-OH is 1. The number of hydrogen-bond acceptors (Lipinski definition) is 7. The van der Waals surface area contributed by atoms with Crippen molar-refractivity contribution in [1.29, 1.82) is 0 Å². The minimum Gasteiger partial charge on any atom is -0.393 e. The van der Waals surface area contributed by atoms with E-state index in [2.05, 4.69) is 10.3 Å². The first-order chi connectivity index (χ1) is 13.9. The molecular weight excluding hydrogens is 396 g/mol. The Morgan fingerprint density at radius 2 is 1.97 bits per heavy atom. The first kappa shape index (κ1) is 19.3. The van der Waals surface area contributed by atoms with Crippen LogP contribution in [0.2, 0.25) is 0 Å². The number of nitrogens with zero attached hydrogens (tertiary/aromatic N) is 3. The summed E-state index contributed by atoms with van der Waals surface area (Å²) >= 11 is 0. The van der Waals surface area contributed by atoms with Gasteiger partial charge >= 0.3 is 5.69 Å². The van der Waals surface area contributed by atoms with Gasteiger partial charge in [0.1, 0.15) is 11.9 Å². The smallest absolute Gasteiger partial charge is 0.311 e. The molecule has 2 N–H and O–H groups in total. The molecule has 0 amide bonds. The predicted molar refractivity (Wildman–Crippen MR) is 107 cm³/mol. The largest absolute Gasteiger partial charge is 0.393 e. The maximum absolute atomic E-state index is 13.0. The number of aromatic nitrogens is 2. The molecule has 0 radical (unpaired) electrons. The maximum atomic E-state index is 13.0. The number of aliphatic hydroxyl groups is 1. The minimum atomic E-state index is -3.90. The Morgan fingerprint density at radius 3 is 2.66 bits per heavy atom. The molecule has 0 unspecified atom stereocenters. The second-order valence-electron chi connectivity index (χ2n) is 7.10. The number of fused-ring (bicyclic) bond motifs is 1. The number of pyridine rings is 1. The molecule has 29 heavy (non-hydrogen) atoms. The second kappa shape index (κ2) is 7.45. The highest BCUT2D eigenvalue weighted by atomic mass is 32.2. The monoisotopic (exact) mass is 416 g/mol.